The Kier molecular flexibility index (Phi) is 4.99. The van der Waals surface area contributed by atoms with Gasteiger partial charge in [-0.15, -0.1) is 0 Å². The first kappa shape index (κ1) is 17.2. The van der Waals surface area contributed by atoms with Crippen LogP contribution < -0.4 is 0 Å². The van der Waals surface area contributed by atoms with E-state index in [4.69, 9.17) is 0 Å². The quantitative estimate of drug-likeness (QED) is 0.631. The zero-order chi connectivity index (χ0) is 17.7. The molecule has 0 amide bonds. The van der Waals surface area contributed by atoms with Crippen LogP contribution in [-0.2, 0) is 10.9 Å². The number of esters is 1. The van der Waals surface area contributed by atoms with Gasteiger partial charge in [0, 0.05) is 6.20 Å². The molecule has 2 aromatic rings. The molecule has 7 heteroatoms. The monoisotopic (exact) mass is 332 g/mol. The SMILES string of the molecule is COC(=O)c1ccc(/C=C(\C#N)c2ccc(C(F)(F)F)cn2)cc1. The first-order valence-corrected chi connectivity index (χ1v) is 6.69. The van der Waals surface area contributed by atoms with E-state index in [1.54, 1.807) is 12.1 Å². The molecule has 0 saturated carbocycles. The van der Waals surface area contributed by atoms with Crippen LogP contribution in [0.1, 0.15) is 27.2 Å². The second-order valence-electron chi connectivity index (χ2n) is 4.71. The van der Waals surface area contributed by atoms with Gasteiger partial charge >= 0.3 is 12.1 Å². The highest BCUT2D eigenvalue weighted by molar-refractivity contribution is 5.91. The summed E-state index contributed by atoms with van der Waals surface area (Å²) < 4.78 is 42.2. The third-order valence-electron chi connectivity index (χ3n) is 3.13. The molecule has 0 spiro atoms. The Morgan fingerprint density at radius 1 is 1.21 bits per heavy atom. The molecule has 1 aromatic carbocycles. The van der Waals surface area contributed by atoms with E-state index in [1.165, 1.54) is 25.3 Å². The first-order chi connectivity index (χ1) is 11.3. The topological polar surface area (TPSA) is 63.0 Å². The van der Waals surface area contributed by atoms with E-state index in [0.717, 1.165) is 12.1 Å². The zero-order valence-electron chi connectivity index (χ0n) is 12.5. The number of ether oxygens (including phenoxy) is 1. The number of hydrogen-bond donors (Lipinski definition) is 0. The Labute approximate surface area is 135 Å². The van der Waals surface area contributed by atoms with Crippen LogP contribution in [0.15, 0.2) is 42.6 Å². The van der Waals surface area contributed by atoms with Crippen LogP contribution in [0.4, 0.5) is 13.2 Å². The van der Waals surface area contributed by atoms with Crippen molar-refractivity contribution in [3.63, 3.8) is 0 Å². The summed E-state index contributed by atoms with van der Waals surface area (Å²) >= 11 is 0. The molecule has 0 fully saturated rings. The molecule has 2 rings (SSSR count). The largest absolute Gasteiger partial charge is 0.465 e. The van der Waals surface area contributed by atoms with Gasteiger partial charge in [-0.1, -0.05) is 12.1 Å². The number of pyridine rings is 1. The minimum atomic E-state index is -4.48. The minimum absolute atomic E-state index is 0.106. The van der Waals surface area contributed by atoms with E-state index < -0.39 is 17.7 Å². The fourth-order valence-electron chi connectivity index (χ4n) is 1.88. The second-order valence-corrected chi connectivity index (χ2v) is 4.71. The lowest BCUT2D eigenvalue weighted by molar-refractivity contribution is -0.137. The third-order valence-corrected chi connectivity index (χ3v) is 3.13. The molecule has 122 valence electrons. The highest BCUT2D eigenvalue weighted by atomic mass is 19.4. The minimum Gasteiger partial charge on any atom is -0.465 e. The predicted octanol–water partition coefficient (Wildman–Crippen LogP) is 3.95. The number of benzene rings is 1. The summed E-state index contributed by atoms with van der Waals surface area (Å²) in [6.45, 7) is 0. The normalized spacial score (nSPS) is 11.7. The fraction of sp³-hybridized carbons (Fsp3) is 0.118. The zero-order valence-corrected chi connectivity index (χ0v) is 12.5. The summed E-state index contributed by atoms with van der Waals surface area (Å²) in [5.41, 5.74) is 0.296. The number of methoxy groups -OCH3 is 1. The van der Waals surface area contributed by atoms with Crippen molar-refractivity contribution in [2.24, 2.45) is 0 Å². The summed E-state index contributed by atoms with van der Waals surface area (Å²) in [5, 5.41) is 9.20. The Morgan fingerprint density at radius 3 is 2.33 bits per heavy atom. The predicted molar refractivity (Wildman–Crippen MR) is 80.5 cm³/mol. The molecule has 0 atom stereocenters. The molecule has 0 radical (unpaired) electrons. The van der Waals surface area contributed by atoms with Crippen molar-refractivity contribution in [2.75, 3.05) is 7.11 Å². The molecule has 0 aliphatic heterocycles. The molecular weight excluding hydrogens is 321 g/mol. The first-order valence-electron chi connectivity index (χ1n) is 6.69. The fourth-order valence-corrected chi connectivity index (χ4v) is 1.88. The lowest BCUT2D eigenvalue weighted by Crippen LogP contribution is -2.05. The van der Waals surface area contributed by atoms with E-state index >= 15 is 0 Å². The Bertz CT molecular complexity index is 802. The van der Waals surface area contributed by atoms with Gasteiger partial charge in [0.15, 0.2) is 0 Å². The lowest BCUT2D eigenvalue weighted by atomic mass is 10.1. The van der Waals surface area contributed by atoms with Gasteiger partial charge < -0.3 is 4.74 Å². The third kappa shape index (κ3) is 3.98. The molecular formula is C17H11F3N2O2. The smallest absolute Gasteiger partial charge is 0.417 e. The number of nitriles is 1. The van der Waals surface area contributed by atoms with Crippen LogP contribution in [0, 0.1) is 11.3 Å². The average Bonchev–Trinajstić information content (AvgIpc) is 2.59. The number of nitrogens with zero attached hydrogens (tertiary/aromatic N) is 2. The maximum Gasteiger partial charge on any atom is 0.417 e. The van der Waals surface area contributed by atoms with Crippen molar-refractivity contribution >= 4 is 17.6 Å². The van der Waals surface area contributed by atoms with E-state index in [0.29, 0.717) is 17.3 Å². The maximum atomic E-state index is 12.5. The van der Waals surface area contributed by atoms with Gasteiger partial charge in [0.2, 0.25) is 0 Å². The number of alkyl halides is 3. The van der Waals surface area contributed by atoms with Gasteiger partial charge in [-0.2, -0.15) is 18.4 Å². The van der Waals surface area contributed by atoms with Crippen LogP contribution in [-0.4, -0.2) is 18.1 Å². The van der Waals surface area contributed by atoms with E-state index in [9.17, 15) is 23.2 Å². The molecule has 0 N–H and O–H groups in total. The number of halogens is 3. The maximum absolute atomic E-state index is 12.5. The standard InChI is InChI=1S/C17H11F3N2O2/c1-24-16(23)12-4-2-11(3-5-12)8-13(9-21)15-7-6-14(10-22-15)17(18,19)20/h2-8,10H,1H3/b13-8+. The van der Waals surface area contributed by atoms with Crippen molar-refractivity contribution in [3.05, 3.63) is 65.0 Å². The van der Waals surface area contributed by atoms with Gasteiger partial charge in [0.25, 0.3) is 0 Å². The van der Waals surface area contributed by atoms with E-state index in [2.05, 4.69) is 9.72 Å². The van der Waals surface area contributed by atoms with Crippen LogP contribution in [0.2, 0.25) is 0 Å². The number of rotatable bonds is 3. The number of hydrogen-bond acceptors (Lipinski definition) is 4. The molecule has 4 nitrogen and oxygen atoms in total. The molecule has 0 unspecified atom stereocenters. The van der Waals surface area contributed by atoms with E-state index in [-0.39, 0.29) is 11.3 Å². The highest BCUT2D eigenvalue weighted by Gasteiger charge is 2.30. The van der Waals surface area contributed by atoms with Crippen molar-refractivity contribution in [3.8, 4) is 6.07 Å². The lowest BCUT2D eigenvalue weighted by Gasteiger charge is -2.06. The van der Waals surface area contributed by atoms with Gasteiger partial charge in [0.05, 0.1) is 29.5 Å². The van der Waals surface area contributed by atoms with Crippen LogP contribution >= 0.6 is 0 Å². The molecule has 0 bridgehead atoms. The second kappa shape index (κ2) is 6.96. The van der Waals surface area contributed by atoms with Crippen molar-refractivity contribution in [2.45, 2.75) is 6.18 Å². The van der Waals surface area contributed by atoms with Crippen LogP contribution in [0.25, 0.3) is 11.6 Å². The summed E-state index contributed by atoms with van der Waals surface area (Å²) in [5.74, 6) is -0.490. The molecule has 0 aliphatic rings. The van der Waals surface area contributed by atoms with Gasteiger partial charge in [0.1, 0.15) is 6.07 Å². The number of aromatic nitrogens is 1. The number of carbonyl (C=O) groups is 1. The number of carbonyl (C=O) groups excluding carboxylic acids is 1. The average molecular weight is 332 g/mol. The van der Waals surface area contributed by atoms with Gasteiger partial charge in [-0.05, 0) is 35.9 Å². The number of allylic oxidation sites excluding steroid dienone is 1. The van der Waals surface area contributed by atoms with E-state index in [1.807, 2.05) is 6.07 Å². The molecule has 0 saturated heterocycles. The van der Waals surface area contributed by atoms with Crippen molar-refractivity contribution < 1.29 is 22.7 Å². The van der Waals surface area contributed by atoms with Crippen molar-refractivity contribution in [1.29, 1.82) is 5.26 Å². The highest BCUT2D eigenvalue weighted by Crippen LogP contribution is 2.29. The Morgan fingerprint density at radius 2 is 1.88 bits per heavy atom. The van der Waals surface area contributed by atoms with Gasteiger partial charge in [-0.3, -0.25) is 4.98 Å². The molecule has 24 heavy (non-hydrogen) atoms. The summed E-state index contributed by atoms with van der Waals surface area (Å²) in [6.07, 6.45) is -2.33. The van der Waals surface area contributed by atoms with Crippen molar-refractivity contribution in [1.82, 2.24) is 4.98 Å². The summed E-state index contributed by atoms with van der Waals surface area (Å²) in [7, 11) is 1.26. The Balaban J connectivity index is 2.29. The molecule has 1 aromatic heterocycles. The summed E-state index contributed by atoms with van der Waals surface area (Å²) in [6, 6.07) is 10.1. The summed E-state index contributed by atoms with van der Waals surface area (Å²) in [4.78, 5) is 15.0. The van der Waals surface area contributed by atoms with Crippen LogP contribution in [0.5, 0.6) is 0 Å². The molecule has 1 heterocycles. The molecule has 0 aliphatic carbocycles. The van der Waals surface area contributed by atoms with Crippen LogP contribution in [0.3, 0.4) is 0 Å². The van der Waals surface area contributed by atoms with Gasteiger partial charge in [-0.25, -0.2) is 4.79 Å². The Hall–Kier alpha value is -3.14.